The molecule has 1 heterocycles. The number of ether oxygens (including phenoxy) is 1. The third kappa shape index (κ3) is 2.76. The molecule has 0 radical (unpaired) electrons. The molecule has 4 nitrogen and oxygen atoms in total. The predicted octanol–water partition coefficient (Wildman–Crippen LogP) is 2.73. The lowest BCUT2D eigenvalue weighted by atomic mass is 10.1. The fourth-order valence-electron chi connectivity index (χ4n) is 2.98. The van der Waals surface area contributed by atoms with Crippen LogP contribution in [-0.2, 0) is 11.3 Å². The maximum Gasteiger partial charge on any atom is 0.0724 e. The molecule has 0 saturated heterocycles. The monoisotopic (exact) mass is 271 g/mol. The van der Waals surface area contributed by atoms with E-state index in [4.69, 9.17) is 4.74 Å². The Morgan fingerprint density at radius 1 is 1.30 bits per heavy atom. The Balaban J connectivity index is 1.68. The van der Waals surface area contributed by atoms with Gasteiger partial charge in [-0.1, -0.05) is 30.3 Å². The van der Waals surface area contributed by atoms with Gasteiger partial charge in [0, 0.05) is 25.3 Å². The van der Waals surface area contributed by atoms with Crippen molar-refractivity contribution < 1.29 is 4.74 Å². The molecule has 20 heavy (non-hydrogen) atoms. The zero-order valence-corrected chi connectivity index (χ0v) is 11.8. The summed E-state index contributed by atoms with van der Waals surface area (Å²) in [7, 11) is 1.80. The lowest BCUT2D eigenvalue weighted by Gasteiger charge is -2.19. The maximum atomic E-state index is 5.52. The molecule has 2 unspecified atom stereocenters. The Morgan fingerprint density at radius 2 is 2.15 bits per heavy atom. The van der Waals surface area contributed by atoms with Crippen LogP contribution in [-0.4, -0.2) is 29.5 Å². The lowest BCUT2D eigenvalue weighted by Crippen LogP contribution is -2.36. The molecule has 1 saturated carbocycles. The van der Waals surface area contributed by atoms with Crippen molar-refractivity contribution in [3.05, 3.63) is 42.1 Å². The molecular formula is C16H21N3O. The van der Waals surface area contributed by atoms with Crippen LogP contribution in [0.25, 0.3) is 11.3 Å². The molecule has 3 rings (SSSR count). The molecule has 0 amide bonds. The van der Waals surface area contributed by atoms with Gasteiger partial charge in [0.1, 0.15) is 0 Å². The number of aromatic nitrogens is 2. The van der Waals surface area contributed by atoms with Crippen molar-refractivity contribution in [3.8, 4) is 11.3 Å². The molecule has 1 aromatic carbocycles. The van der Waals surface area contributed by atoms with Crippen LogP contribution < -0.4 is 5.32 Å². The molecule has 1 aliphatic rings. The Bertz CT molecular complexity index is 538. The maximum absolute atomic E-state index is 5.52. The fourth-order valence-corrected chi connectivity index (χ4v) is 2.98. The number of H-pyrrole nitrogens is 1. The second-order valence-corrected chi connectivity index (χ2v) is 5.33. The minimum absolute atomic E-state index is 0.349. The van der Waals surface area contributed by atoms with Crippen molar-refractivity contribution in [3.63, 3.8) is 0 Å². The molecule has 106 valence electrons. The van der Waals surface area contributed by atoms with Crippen LogP contribution in [0.15, 0.2) is 36.5 Å². The molecule has 1 fully saturated rings. The highest BCUT2D eigenvalue weighted by atomic mass is 16.5. The third-order valence-corrected chi connectivity index (χ3v) is 4.09. The predicted molar refractivity (Wildman–Crippen MR) is 79.3 cm³/mol. The van der Waals surface area contributed by atoms with Crippen molar-refractivity contribution in [2.75, 3.05) is 7.11 Å². The van der Waals surface area contributed by atoms with Gasteiger partial charge in [-0.25, -0.2) is 0 Å². The first-order valence-corrected chi connectivity index (χ1v) is 7.22. The zero-order chi connectivity index (χ0) is 13.8. The molecule has 1 aromatic heterocycles. The van der Waals surface area contributed by atoms with Crippen LogP contribution in [0.4, 0.5) is 0 Å². The molecule has 0 spiro atoms. The van der Waals surface area contributed by atoms with E-state index in [1.165, 1.54) is 24.0 Å². The average molecular weight is 271 g/mol. The van der Waals surface area contributed by atoms with E-state index in [1.54, 1.807) is 7.11 Å². The van der Waals surface area contributed by atoms with E-state index in [2.05, 4.69) is 27.6 Å². The summed E-state index contributed by atoms with van der Waals surface area (Å²) in [6.07, 6.45) is 5.85. The van der Waals surface area contributed by atoms with Crippen molar-refractivity contribution in [2.24, 2.45) is 0 Å². The Labute approximate surface area is 119 Å². The summed E-state index contributed by atoms with van der Waals surface area (Å²) in [5.74, 6) is 0. The average Bonchev–Trinajstić information content (AvgIpc) is 3.14. The van der Waals surface area contributed by atoms with Gasteiger partial charge in [0.15, 0.2) is 0 Å². The van der Waals surface area contributed by atoms with E-state index in [0.29, 0.717) is 12.1 Å². The molecule has 0 bridgehead atoms. The van der Waals surface area contributed by atoms with Gasteiger partial charge in [-0.05, 0) is 24.8 Å². The highest BCUT2D eigenvalue weighted by Gasteiger charge is 2.26. The summed E-state index contributed by atoms with van der Waals surface area (Å²) < 4.78 is 5.52. The van der Waals surface area contributed by atoms with E-state index in [-0.39, 0.29) is 0 Å². The fraction of sp³-hybridized carbons (Fsp3) is 0.438. The second-order valence-electron chi connectivity index (χ2n) is 5.33. The van der Waals surface area contributed by atoms with Gasteiger partial charge < -0.3 is 10.1 Å². The van der Waals surface area contributed by atoms with Crippen molar-refractivity contribution in [1.82, 2.24) is 15.5 Å². The number of methoxy groups -OCH3 is 1. The van der Waals surface area contributed by atoms with Crippen LogP contribution >= 0.6 is 0 Å². The SMILES string of the molecule is COC1CCCC1NCc1cn[nH]c1-c1ccccc1. The summed E-state index contributed by atoms with van der Waals surface area (Å²) in [6.45, 7) is 0.825. The highest BCUT2D eigenvalue weighted by molar-refractivity contribution is 5.62. The summed E-state index contributed by atoms with van der Waals surface area (Å²) in [6, 6.07) is 10.8. The Morgan fingerprint density at radius 3 is 2.95 bits per heavy atom. The molecule has 1 aliphatic carbocycles. The number of rotatable bonds is 5. The lowest BCUT2D eigenvalue weighted by molar-refractivity contribution is 0.0847. The summed E-state index contributed by atoms with van der Waals surface area (Å²) in [5, 5.41) is 10.9. The van der Waals surface area contributed by atoms with Gasteiger partial charge in [-0.15, -0.1) is 0 Å². The highest BCUT2D eigenvalue weighted by Crippen LogP contribution is 2.24. The zero-order valence-electron chi connectivity index (χ0n) is 11.8. The molecule has 4 heteroatoms. The summed E-state index contributed by atoms with van der Waals surface area (Å²) in [4.78, 5) is 0. The quantitative estimate of drug-likeness (QED) is 0.879. The number of nitrogens with zero attached hydrogens (tertiary/aromatic N) is 1. The molecule has 2 atom stereocenters. The van der Waals surface area contributed by atoms with Crippen LogP contribution in [0.1, 0.15) is 24.8 Å². The third-order valence-electron chi connectivity index (χ3n) is 4.09. The first-order valence-electron chi connectivity index (χ1n) is 7.22. The first kappa shape index (κ1) is 13.3. The molecule has 2 N–H and O–H groups in total. The number of hydrogen-bond donors (Lipinski definition) is 2. The van der Waals surface area contributed by atoms with E-state index in [9.17, 15) is 0 Å². The van der Waals surface area contributed by atoms with E-state index in [1.807, 2.05) is 24.4 Å². The first-order chi connectivity index (χ1) is 9.88. The number of benzene rings is 1. The normalized spacial score (nSPS) is 22.2. The van der Waals surface area contributed by atoms with Crippen molar-refractivity contribution in [1.29, 1.82) is 0 Å². The summed E-state index contributed by atoms with van der Waals surface area (Å²) in [5.41, 5.74) is 3.49. The van der Waals surface area contributed by atoms with Crippen LogP contribution in [0.3, 0.4) is 0 Å². The Hall–Kier alpha value is -1.65. The van der Waals surface area contributed by atoms with Gasteiger partial charge in [0.25, 0.3) is 0 Å². The van der Waals surface area contributed by atoms with E-state index < -0.39 is 0 Å². The van der Waals surface area contributed by atoms with Crippen molar-refractivity contribution >= 4 is 0 Å². The second kappa shape index (κ2) is 6.20. The van der Waals surface area contributed by atoms with Crippen LogP contribution in [0.2, 0.25) is 0 Å². The van der Waals surface area contributed by atoms with Crippen LogP contribution in [0.5, 0.6) is 0 Å². The van der Waals surface area contributed by atoms with Crippen LogP contribution in [0, 0.1) is 0 Å². The van der Waals surface area contributed by atoms with Gasteiger partial charge in [-0.3, -0.25) is 5.10 Å². The number of hydrogen-bond acceptors (Lipinski definition) is 3. The smallest absolute Gasteiger partial charge is 0.0724 e. The standard InChI is InChI=1S/C16H21N3O/c1-20-15-9-5-8-14(15)17-10-13-11-18-19-16(13)12-6-3-2-4-7-12/h2-4,6-7,11,14-15,17H,5,8-10H2,1H3,(H,18,19). The topological polar surface area (TPSA) is 49.9 Å². The van der Waals surface area contributed by atoms with E-state index >= 15 is 0 Å². The Kier molecular flexibility index (Phi) is 4.14. The van der Waals surface area contributed by atoms with E-state index in [0.717, 1.165) is 18.7 Å². The van der Waals surface area contributed by atoms with Gasteiger partial charge >= 0.3 is 0 Å². The molecule has 0 aliphatic heterocycles. The van der Waals surface area contributed by atoms with Crippen molar-refractivity contribution in [2.45, 2.75) is 38.0 Å². The summed E-state index contributed by atoms with van der Waals surface area (Å²) >= 11 is 0. The minimum Gasteiger partial charge on any atom is -0.380 e. The van der Waals surface area contributed by atoms with Gasteiger partial charge in [0.2, 0.25) is 0 Å². The molecular weight excluding hydrogens is 250 g/mol. The largest absolute Gasteiger partial charge is 0.380 e. The van der Waals surface area contributed by atoms with Gasteiger partial charge in [-0.2, -0.15) is 5.10 Å². The number of aromatic amines is 1. The minimum atomic E-state index is 0.349. The number of nitrogens with one attached hydrogen (secondary N) is 2. The molecule has 2 aromatic rings. The van der Waals surface area contributed by atoms with Gasteiger partial charge in [0.05, 0.1) is 18.0 Å².